The Hall–Kier alpha value is -0.650. The lowest BCUT2D eigenvalue weighted by molar-refractivity contribution is -0.141. The van der Waals surface area contributed by atoms with Gasteiger partial charge in [-0.25, -0.2) is 0 Å². The van der Waals surface area contributed by atoms with Crippen molar-refractivity contribution in [1.82, 2.24) is 10.2 Å². The average molecular weight is 240 g/mol. The van der Waals surface area contributed by atoms with Gasteiger partial charge in [-0.1, -0.05) is 0 Å². The molecule has 5 heteroatoms. The van der Waals surface area contributed by atoms with Crippen LogP contribution in [0.2, 0.25) is 0 Å². The Kier molecular flexibility index (Phi) is 2.84. The quantitative estimate of drug-likeness (QED) is 0.639. The molecule has 2 N–H and O–H groups in total. The molecule has 17 heavy (non-hydrogen) atoms. The van der Waals surface area contributed by atoms with Crippen LogP contribution in [0.15, 0.2) is 0 Å². The number of nitrogens with zero attached hydrogens (tertiary/aromatic N) is 1. The Bertz CT molecular complexity index is 319. The average Bonchev–Trinajstić information content (AvgIpc) is 2.59. The molecule has 2 atom stereocenters. The molecule has 3 aliphatic heterocycles. The minimum absolute atomic E-state index is 0.165. The van der Waals surface area contributed by atoms with Crippen LogP contribution in [0.25, 0.3) is 0 Å². The van der Waals surface area contributed by atoms with Gasteiger partial charge in [0.05, 0.1) is 17.6 Å². The van der Waals surface area contributed by atoms with E-state index in [1.807, 2.05) is 4.90 Å². The summed E-state index contributed by atoms with van der Waals surface area (Å²) in [5.74, 6) is 0.419. The molecule has 0 aromatic rings. The first-order chi connectivity index (χ1) is 8.19. The predicted molar refractivity (Wildman–Crippen MR) is 61.5 cm³/mol. The first kappa shape index (κ1) is 11.4. The van der Waals surface area contributed by atoms with Gasteiger partial charge < -0.3 is 20.1 Å². The smallest absolute Gasteiger partial charge is 0.228 e. The number of carbonyl (C=O) groups is 1. The zero-order chi connectivity index (χ0) is 11.9. The van der Waals surface area contributed by atoms with Crippen LogP contribution < -0.4 is 5.32 Å². The van der Waals surface area contributed by atoms with Gasteiger partial charge in [-0.2, -0.15) is 0 Å². The molecule has 5 nitrogen and oxygen atoms in total. The maximum absolute atomic E-state index is 12.1. The molecule has 0 aliphatic carbocycles. The van der Waals surface area contributed by atoms with E-state index in [2.05, 4.69) is 5.32 Å². The monoisotopic (exact) mass is 240 g/mol. The van der Waals surface area contributed by atoms with Gasteiger partial charge in [-0.3, -0.25) is 4.79 Å². The molecular weight excluding hydrogens is 220 g/mol. The van der Waals surface area contributed by atoms with E-state index in [-0.39, 0.29) is 23.5 Å². The molecule has 0 saturated carbocycles. The fraction of sp³-hybridized carbons (Fsp3) is 0.917. The number of hydrogen-bond donors (Lipinski definition) is 2. The summed E-state index contributed by atoms with van der Waals surface area (Å²) in [6, 6.07) is 0. The maximum atomic E-state index is 12.1. The normalized spacial score (nSPS) is 38.4. The third-order valence-electron chi connectivity index (χ3n) is 4.23. The first-order valence-electron chi connectivity index (χ1n) is 6.50. The molecule has 0 aromatic carbocycles. The van der Waals surface area contributed by atoms with Crippen molar-refractivity contribution in [3.63, 3.8) is 0 Å². The van der Waals surface area contributed by atoms with E-state index >= 15 is 0 Å². The summed E-state index contributed by atoms with van der Waals surface area (Å²) >= 11 is 0. The Balaban J connectivity index is 1.62. The van der Waals surface area contributed by atoms with Crippen LogP contribution in [-0.4, -0.2) is 60.4 Å². The molecule has 1 spiro atoms. The number of rotatable bonds is 1. The molecule has 0 bridgehead atoms. The van der Waals surface area contributed by atoms with E-state index in [1.165, 1.54) is 0 Å². The van der Waals surface area contributed by atoms with Crippen LogP contribution >= 0.6 is 0 Å². The third-order valence-corrected chi connectivity index (χ3v) is 4.23. The van der Waals surface area contributed by atoms with Gasteiger partial charge in [0.15, 0.2) is 0 Å². The van der Waals surface area contributed by atoms with E-state index < -0.39 is 0 Å². The van der Waals surface area contributed by atoms with Gasteiger partial charge in [0.1, 0.15) is 0 Å². The lowest BCUT2D eigenvalue weighted by Gasteiger charge is -2.37. The number of aliphatic hydroxyl groups is 1. The molecule has 0 radical (unpaired) electrons. The van der Waals surface area contributed by atoms with Gasteiger partial charge in [-0.15, -0.1) is 0 Å². The molecule has 3 aliphatic rings. The van der Waals surface area contributed by atoms with Crippen LogP contribution in [-0.2, 0) is 9.53 Å². The van der Waals surface area contributed by atoms with E-state index in [0.29, 0.717) is 19.6 Å². The minimum Gasteiger partial charge on any atom is -0.393 e. The number of likely N-dealkylation sites (tertiary alicyclic amines) is 1. The van der Waals surface area contributed by atoms with Crippen LogP contribution in [0.5, 0.6) is 0 Å². The van der Waals surface area contributed by atoms with Crippen LogP contribution in [0.4, 0.5) is 0 Å². The summed E-state index contributed by atoms with van der Waals surface area (Å²) in [4.78, 5) is 14.0. The number of nitrogens with one attached hydrogen (secondary N) is 1. The topological polar surface area (TPSA) is 61.8 Å². The van der Waals surface area contributed by atoms with Crippen LogP contribution in [0, 0.1) is 5.92 Å². The molecule has 3 fully saturated rings. The highest BCUT2D eigenvalue weighted by atomic mass is 16.5. The Morgan fingerprint density at radius 1 is 1.47 bits per heavy atom. The van der Waals surface area contributed by atoms with Gasteiger partial charge in [0.2, 0.25) is 5.91 Å². The Labute approximate surface area is 101 Å². The summed E-state index contributed by atoms with van der Waals surface area (Å²) in [7, 11) is 0. The van der Waals surface area contributed by atoms with Gasteiger partial charge in [0, 0.05) is 39.2 Å². The SMILES string of the molecule is O=C(C1CNC1)N1CCC2(CC(O)CCO2)C1. The molecule has 1 amide bonds. The molecular formula is C12H20N2O3. The molecule has 0 aromatic heterocycles. The number of hydrogen-bond acceptors (Lipinski definition) is 4. The van der Waals surface area contributed by atoms with E-state index in [4.69, 9.17) is 4.74 Å². The number of aliphatic hydroxyl groups excluding tert-OH is 1. The molecule has 3 saturated heterocycles. The largest absolute Gasteiger partial charge is 0.393 e. The predicted octanol–water partition coefficient (Wildman–Crippen LogP) is -0.652. The van der Waals surface area contributed by atoms with Crippen molar-refractivity contribution in [2.24, 2.45) is 5.92 Å². The number of carbonyl (C=O) groups excluding carboxylic acids is 1. The minimum atomic E-state index is -0.260. The Morgan fingerprint density at radius 2 is 2.29 bits per heavy atom. The van der Waals surface area contributed by atoms with Crippen molar-refractivity contribution in [2.75, 3.05) is 32.8 Å². The summed E-state index contributed by atoms with van der Waals surface area (Å²) in [6.07, 6.45) is 2.02. The van der Waals surface area contributed by atoms with Crippen molar-refractivity contribution < 1.29 is 14.6 Å². The highest BCUT2D eigenvalue weighted by molar-refractivity contribution is 5.80. The lowest BCUT2D eigenvalue weighted by Crippen LogP contribution is -2.52. The molecule has 2 unspecified atom stereocenters. The number of ether oxygens (including phenoxy) is 1. The summed E-state index contributed by atoms with van der Waals surface area (Å²) in [5.41, 5.74) is -0.259. The van der Waals surface area contributed by atoms with Crippen molar-refractivity contribution in [3.8, 4) is 0 Å². The second-order valence-electron chi connectivity index (χ2n) is 5.54. The number of amides is 1. The van der Waals surface area contributed by atoms with Crippen molar-refractivity contribution in [3.05, 3.63) is 0 Å². The van der Waals surface area contributed by atoms with Crippen molar-refractivity contribution in [1.29, 1.82) is 0 Å². The molecule has 3 rings (SSSR count). The highest BCUT2D eigenvalue weighted by Gasteiger charge is 2.45. The second kappa shape index (κ2) is 4.23. The van der Waals surface area contributed by atoms with Crippen molar-refractivity contribution in [2.45, 2.75) is 31.0 Å². The first-order valence-corrected chi connectivity index (χ1v) is 6.50. The zero-order valence-electron chi connectivity index (χ0n) is 10.0. The van der Waals surface area contributed by atoms with E-state index in [0.717, 1.165) is 32.5 Å². The van der Waals surface area contributed by atoms with Gasteiger partial charge in [0.25, 0.3) is 0 Å². The standard InChI is InChI=1S/C12H20N2O3/c15-10-1-4-17-12(5-10)2-3-14(8-12)11(16)9-6-13-7-9/h9-10,13,15H,1-8H2. The van der Waals surface area contributed by atoms with Crippen molar-refractivity contribution >= 4 is 5.91 Å². The van der Waals surface area contributed by atoms with Gasteiger partial charge >= 0.3 is 0 Å². The Morgan fingerprint density at radius 3 is 2.94 bits per heavy atom. The maximum Gasteiger partial charge on any atom is 0.228 e. The zero-order valence-corrected chi connectivity index (χ0v) is 10.0. The lowest BCUT2D eigenvalue weighted by atomic mass is 9.91. The summed E-state index contributed by atoms with van der Waals surface area (Å²) in [6.45, 7) is 3.69. The van der Waals surface area contributed by atoms with E-state index in [1.54, 1.807) is 0 Å². The second-order valence-corrected chi connectivity index (χ2v) is 5.54. The summed E-state index contributed by atoms with van der Waals surface area (Å²) in [5, 5.41) is 12.9. The van der Waals surface area contributed by atoms with Crippen LogP contribution in [0.3, 0.4) is 0 Å². The van der Waals surface area contributed by atoms with Crippen LogP contribution in [0.1, 0.15) is 19.3 Å². The van der Waals surface area contributed by atoms with Gasteiger partial charge in [-0.05, 0) is 12.8 Å². The third kappa shape index (κ3) is 2.07. The fourth-order valence-corrected chi connectivity index (χ4v) is 3.04. The molecule has 3 heterocycles. The summed E-state index contributed by atoms with van der Waals surface area (Å²) < 4.78 is 5.84. The fourth-order valence-electron chi connectivity index (χ4n) is 3.04. The molecule has 96 valence electrons. The van der Waals surface area contributed by atoms with E-state index in [9.17, 15) is 9.90 Å². The highest BCUT2D eigenvalue weighted by Crippen LogP contribution is 2.34.